The summed E-state index contributed by atoms with van der Waals surface area (Å²) in [5.74, 6) is 0.928. The van der Waals surface area contributed by atoms with Gasteiger partial charge in [-0.15, -0.1) is 0 Å². The summed E-state index contributed by atoms with van der Waals surface area (Å²) in [6.45, 7) is 5.83. The summed E-state index contributed by atoms with van der Waals surface area (Å²) in [5.41, 5.74) is 2.77. The Morgan fingerprint density at radius 2 is 2.00 bits per heavy atom. The van der Waals surface area contributed by atoms with Crippen LogP contribution in [0.1, 0.15) is 31.0 Å². The second-order valence-corrected chi connectivity index (χ2v) is 6.19. The normalized spacial score (nSPS) is 13.8. The molecular formula is C19H24N4O2. The number of para-hydroxylation sites is 1. The molecule has 2 heterocycles. The van der Waals surface area contributed by atoms with Gasteiger partial charge in [0, 0.05) is 30.5 Å². The molecule has 1 amide bonds. The van der Waals surface area contributed by atoms with E-state index < -0.39 is 0 Å². The Labute approximate surface area is 148 Å². The van der Waals surface area contributed by atoms with Crippen LogP contribution in [0.25, 0.3) is 0 Å². The number of rotatable bonds is 6. The highest BCUT2D eigenvalue weighted by Crippen LogP contribution is 2.20. The first-order chi connectivity index (χ1) is 12.2. The number of ether oxygens (including phenoxy) is 1. The van der Waals surface area contributed by atoms with Crippen LogP contribution in [0.15, 0.2) is 30.3 Å². The summed E-state index contributed by atoms with van der Waals surface area (Å²) in [5, 5.41) is 2.90. The lowest BCUT2D eigenvalue weighted by Crippen LogP contribution is -2.23. The third kappa shape index (κ3) is 4.47. The van der Waals surface area contributed by atoms with Crippen molar-refractivity contribution in [2.75, 3.05) is 29.9 Å². The van der Waals surface area contributed by atoms with Gasteiger partial charge in [0.1, 0.15) is 0 Å². The molecule has 1 aliphatic heterocycles. The van der Waals surface area contributed by atoms with E-state index in [9.17, 15) is 4.79 Å². The number of hydrogen-bond acceptors (Lipinski definition) is 5. The molecule has 1 aliphatic rings. The van der Waals surface area contributed by atoms with Crippen LogP contribution in [0.3, 0.4) is 0 Å². The average Bonchev–Trinajstić information content (AvgIpc) is 3.15. The van der Waals surface area contributed by atoms with Crippen LogP contribution < -0.4 is 15.0 Å². The summed E-state index contributed by atoms with van der Waals surface area (Å²) in [6.07, 6.45) is 3.18. The van der Waals surface area contributed by atoms with Crippen molar-refractivity contribution in [3.05, 3.63) is 41.6 Å². The predicted octanol–water partition coefficient (Wildman–Crippen LogP) is 2.97. The molecule has 0 bridgehead atoms. The SMILES string of the molecule is CCc1ccccc1NC(=O)COc1cc(C)nc(N2CCCC2)n1. The van der Waals surface area contributed by atoms with Gasteiger partial charge in [-0.05, 0) is 37.8 Å². The van der Waals surface area contributed by atoms with E-state index in [1.54, 1.807) is 6.07 Å². The lowest BCUT2D eigenvalue weighted by atomic mass is 10.1. The van der Waals surface area contributed by atoms with E-state index in [0.29, 0.717) is 11.8 Å². The average molecular weight is 340 g/mol. The van der Waals surface area contributed by atoms with Crippen molar-refractivity contribution in [1.82, 2.24) is 9.97 Å². The molecule has 0 saturated carbocycles. The van der Waals surface area contributed by atoms with Crippen LogP contribution in [0.5, 0.6) is 5.88 Å². The van der Waals surface area contributed by atoms with Crippen LogP contribution in [-0.2, 0) is 11.2 Å². The summed E-state index contributed by atoms with van der Waals surface area (Å²) in [7, 11) is 0. The van der Waals surface area contributed by atoms with E-state index >= 15 is 0 Å². The van der Waals surface area contributed by atoms with Gasteiger partial charge in [-0.2, -0.15) is 4.98 Å². The molecule has 1 aromatic carbocycles. The van der Waals surface area contributed by atoms with Gasteiger partial charge in [0.2, 0.25) is 11.8 Å². The first-order valence-corrected chi connectivity index (χ1v) is 8.77. The minimum absolute atomic E-state index is 0.0755. The first-order valence-electron chi connectivity index (χ1n) is 8.77. The number of nitrogens with one attached hydrogen (secondary N) is 1. The van der Waals surface area contributed by atoms with E-state index in [-0.39, 0.29) is 12.5 Å². The largest absolute Gasteiger partial charge is 0.467 e. The number of anilines is 2. The van der Waals surface area contributed by atoms with Crippen molar-refractivity contribution in [2.24, 2.45) is 0 Å². The van der Waals surface area contributed by atoms with Gasteiger partial charge < -0.3 is 15.0 Å². The van der Waals surface area contributed by atoms with E-state index in [4.69, 9.17) is 4.74 Å². The lowest BCUT2D eigenvalue weighted by molar-refractivity contribution is -0.118. The summed E-state index contributed by atoms with van der Waals surface area (Å²) >= 11 is 0. The summed E-state index contributed by atoms with van der Waals surface area (Å²) in [4.78, 5) is 23.2. The van der Waals surface area contributed by atoms with Crippen LogP contribution in [0.4, 0.5) is 11.6 Å². The van der Waals surface area contributed by atoms with Gasteiger partial charge in [0.05, 0.1) is 0 Å². The Morgan fingerprint density at radius 3 is 2.76 bits per heavy atom. The molecular weight excluding hydrogens is 316 g/mol. The molecule has 0 atom stereocenters. The number of hydrogen-bond donors (Lipinski definition) is 1. The van der Waals surface area contributed by atoms with Crippen LogP contribution >= 0.6 is 0 Å². The highest BCUT2D eigenvalue weighted by atomic mass is 16.5. The number of aryl methyl sites for hydroxylation is 2. The molecule has 3 rings (SSSR count). The van der Waals surface area contributed by atoms with Crippen molar-refractivity contribution in [3.8, 4) is 5.88 Å². The van der Waals surface area contributed by atoms with Crippen LogP contribution in [0.2, 0.25) is 0 Å². The fourth-order valence-corrected chi connectivity index (χ4v) is 2.93. The third-order valence-electron chi connectivity index (χ3n) is 4.23. The maximum absolute atomic E-state index is 12.2. The van der Waals surface area contributed by atoms with E-state index in [1.807, 2.05) is 31.2 Å². The highest BCUT2D eigenvalue weighted by molar-refractivity contribution is 5.92. The molecule has 1 aromatic heterocycles. The minimum atomic E-state index is -0.195. The van der Waals surface area contributed by atoms with Gasteiger partial charge in [0.25, 0.3) is 5.91 Å². The van der Waals surface area contributed by atoms with Gasteiger partial charge in [-0.25, -0.2) is 4.98 Å². The van der Waals surface area contributed by atoms with Crippen LogP contribution in [0, 0.1) is 6.92 Å². The molecule has 6 heteroatoms. The molecule has 0 spiro atoms. The van der Waals surface area contributed by atoms with Gasteiger partial charge >= 0.3 is 0 Å². The molecule has 132 valence electrons. The number of amides is 1. The number of nitrogens with zero attached hydrogens (tertiary/aromatic N) is 3. The van der Waals surface area contributed by atoms with Gasteiger partial charge in [-0.1, -0.05) is 25.1 Å². The van der Waals surface area contributed by atoms with Crippen molar-refractivity contribution in [2.45, 2.75) is 33.1 Å². The van der Waals surface area contributed by atoms with Crippen LogP contribution in [-0.4, -0.2) is 35.6 Å². The van der Waals surface area contributed by atoms with E-state index in [2.05, 4.69) is 27.1 Å². The Morgan fingerprint density at radius 1 is 1.24 bits per heavy atom. The third-order valence-corrected chi connectivity index (χ3v) is 4.23. The fourth-order valence-electron chi connectivity index (χ4n) is 2.93. The molecule has 6 nitrogen and oxygen atoms in total. The Hall–Kier alpha value is -2.63. The van der Waals surface area contributed by atoms with E-state index in [1.165, 1.54) is 0 Å². The molecule has 0 radical (unpaired) electrons. The number of carbonyl (C=O) groups excluding carboxylic acids is 1. The Balaban J connectivity index is 1.62. The summed E-state index contributed by atoms with van der Waals surface area (Å²) < 4.78 is 5.60. The maximum atomic E-state index is 12.2. The predicted molar refractivity (Wildman–Crippen MR) is 98.2 cm³/mol. The molecule has 0 aliphatic carbocycles. The zero-order valence-corrected chi connectivity index (χ0v) is 14.8. The molecule has 1 fully saturated rings. The number of aromatic nitrogens is 2. The van der Waals surface area contributed by atoms with Crippen molar-refractivity contribution in [3.63, 3.8) is 0 Å². The quantitative estimate of drug-likeness (QED) is 0.876. The Bertz CT molecular complexity index is 742. The van der Waals surface area contributed by atoms with Crippen molar-refractivity contribution in [1.29, 1.82) is 0 Å². The topological polar surface area (TPSA) is 67.3 Å². The lowest BCUT2D eigenvalue weighted by Gasteiger charge is -2.16. The number of carbonyl (C=O) groups is 1. The molecule has 1 saturated heterocycles. The van der Waals surface area contributed by atoms with Crippen molar-refractivity contribution < 1.29 is 9.53 Å². The van der Waals surface area contributed by atoms with Gasteiger partial charge in [0.15, 0.2) is 6.61 Å². The summed E-state index contributed by atoms with van der Waals surface area (Å²) in [6, 6.07) is 9.54. The minimum Gasteiger partial charge on any atom is -0.467 e. The standard InChI is InChI=1S/C19H24N4O2/c1-3-15-8-4-5-9-16(15)21-17(24)13-25-18-12-14(2)20-19(22-18)23-10-6-7-11-23/h4-5,8-9,12H,3,6-7,10-11,13H2,1-2H3,(H,21,24). The molecule has 25 heavy (non-hydrogen) atoms. The van der Waals surface area contributed by atoms with E-state index in [0.717, 1.165) is 49.3 Å². The maximum Gasteiger partial charge on any atom is 0.262 e. The monoisotopic (exact) mass is 340 g/mol. The zero-order valence-electron chi connectivity index (χ0n) is 14.8. The first kappa shape index (κ1) is 17.2. The molecule has 1 N–H and O–H groups in total. The molecule has 0 unspecified atom stereocenters. The Kier molecular flexibility index (Phi) is 5.48. The second kappa shape index (κ2) is 7.96. The zero-order chi connectivity index (χ0) is 17.6. The van der Waals surface area contributed by atoms with Crippen molar-refractivity contribution >= 4 is 17.5 Å². The number of benzene rings is 1. The highest BCUT2D eigenvalue weighted by Gasteiger charge is 2.16. The van der Waals surface area contributed by atoms with Gasteiger partial charge in [-0.3, -0.25) is 4.79 Å². The fraction of sp³-hybridized carbons (Fsp3) is 0.421. The second-order valence-electron chi connectivity index (χ2n) is 6.19. The smallest absolute Gasteiger partial charge is 0.262 e. The molecule has 2 aromatic rings.